The van der Waals surface area contributed by atoms with E-state index in [9.17, 15) is 9.18 Å². The monoisotopic (exact) mass is 271 g/mol. The Morgan fingerprint density at radius 3 is 2.67 bits per heavy atom. The number of hydrogen-bond acceptors (Lipinski definition) is 3. The van der Waals surface area contributed by atoms with Crippen molar-refractivity contribution in [1.82, 2.24) is 5.32 Å². The fourth-order valence-corrected chi connectivity index (χ4v) is 2.13. The summed E-state index contributed by atoms with van der Waals surface area (Å²) < 4.78 is 13.3. The van der Waals surface area contributed by atoms with E-state index in [4.69, 9.17) is 5.11 Å². The second-order valence-corrected chi connectivity index (χ2v) is 5.34. The Balaban J connectivity index is 2.44. The van der Waals surface area contributed by atoms with Gasteiger partial charge < -0.3 is 10.4 Å². The molecule has 1 atom stereocenters. The summed E-state index contributed by atoms with van der Waals surface area (Å²) in [5.74, 6) is -0.212. The number of amides is 1. The van der Waals surface area contributed by atoms with Gasteiger partial charge in [-0.15, -0.1) is 11.8 Å². The first-order chi connectivity index (χ1) is 8.54. The lowest BCUT2D eigenvalue weighted by Crippen LogP contribution is -2.41. The van der Waals surface area contributed by atoms with Gasteiger partial charge in [-0.25, -0.2) is 4.39 Å². The summed E-state index contributed by atoms with van der Waals surface area (Å²) in [5.41, 5.74) is 0. The summed E-state index contributed by atoms with van der Waals surface area (Å²) in [6.45, 7) is 3.75. The zero-order valence-electron chi connectivity index (χ0n) is 10.5. The van der Waals surface area contributed by atoms with Crippen LogP contribution in [0.4, 0.5) is 4.39 Å². The van der Waals surface area contributed by atoms with E-state index in [0.717, 1.165) is 11.8 Å². The highest BCUT2D eigenvalue weighted by atomic mass is 32.2. The second kappa shape index (κ2) is 7.38. The van der Waals surface area contributed by atoms with Crippen LogP contribution in [0.2, 0.25) is 0 Å². The van der Waals surface area contributed by atoms with Crippen LogP contribution in [0.3, 0.4) is 0 Å². The summed E-state index contributed by atoms with van der Waals surface area (Å²) in [4.78, 5) is 12.1. The van der Waals surface area contributed by atoms with Crippen LogP contribution in [-0.4, -0.2) is 29.4 Å². The van der Waals surface area contributed by atoms with Crippen LogP contribution in [0.1, 0.15) is 13.8 Å². The third kappa shape index (κ3) is 4.66. The molecule has 0 saturated carbocycles. The number of benzene rings is 1. The van der Waals surface area contributed by atoms with Gasteiger partial charge >= 0.3 is 0 Å². The highest BCUT2D eigenvalue weighted by Crippen LogP contribution is 2.20. The zero-order chi connectivity index (χ0) is 13.5. The standard InChI is InChI=1S/C13H18FNO2S/c1-9(2)11(7-16)15-13(17)8-18-12-6-4-3-5-10(12)14/h3-6,9,11,16H,7-8H2,1-2H3,(H,15,17)/t11-/m1/s1. The topological polar surface area (TPSA) is 49.3 Å². The van der Waals surface area contributed by atoms with Gasteiger partial charge in [0.05, 0.1) is 18.4 Å². The molecule has 0 fully saturated rings. The van der Waals surface area contributed by atoms with Crippen LogP contribution in [-0.2, 0) is 4.79 Å². The van der Waals surface area contributed by atoms with E-state index in [1.165, 1.54) is 6.07 Å². The molecule has 0 aromatic heterocycles. The van der Waals surface area contributed by atoms with Crippen LogP contribution in [0.15, 0.2) is 29.2 Å². The molecule has 0 spiro atoms. The number of rotatable bonds is 6. The summed E-state index contributed by atoms with van der Waals surface area (Å²) in [6.07, 6.45) is 0. The smallest absolute Gasteiger partial charge is 0.230 e. The van der Waals surface area contributed by atoms with E-state index >= 15 is 0 Å². The van der Waals surface area contributed by atoms with Gasteiger partial charge in [-0.3, -0.25) is 4.79 Å². The maximum absolute atomic E-state index is 13.3. The minimum atomic E-state index is -0.321. The fraction of sp³-hybridized carbons (Fsp3) is 0.462. The largest absolute Gasteiger partial charge is 0.394 e. The first-order valence-corrected chi connectivity index (χ1v) is 6.80. The van der Waals surface area contributed by atoms with E-state index in [2.05, 4.69) is 5.32 Å². The van der Waals surface area contributed by atoms with Crippen molar-refractivity contribution in [2.45, 2.75) is 24.8 Å². The molecule has 2 N–H and O–H groups in total. The lowest BCUT2D eigenvalue weighted by molar-refractivity contribution is -0.119. The minimum Gasteiger partial charge on any atom is -0.394 e. The Kier molecular flexibility index (Phi) is 6.15. The van der Waals surface area contributed by atoms with Crippen molar-refractivity contribution in [1.29, 1.82) is 0 Å². The molecule has 0 unspecified atom stereocenters. The molecule has 0 bridgehead atoms. The van der Waals surface area contributed by atoms with Crippen molar-refractivity contribution in [2.24, 2.45) is 5.92 Å². The van der Waals surface area contributed by atoms with Crippen LogP contribution >= 0.6 is 11.8 Å². The molecule has 1 aromatic rings. The molecule has 5 heteroatoms. The maximum atomic E-state index is 13.3. The number of halogens is 1. The van der Waals surface area contributed by atoms with Gasteiger partial charge in [0, 0.05) is 4.90 Å². The first-order valence-electron chi connectivity index (χ1n) is 5.82. The number of aliphatic hydroxyl groups excluding tert-OH is 1. The van der Waals surface area contributed by atoms with Crippen molar-refractivity contribution >= 4 is 17.7 Å². The van der Waals surface area contributed by atoms with E-state index in [1.807, 2.05) is 13.8 Å². The Bertz CT molecular complexity index is 398. The number of carbonyl (C=O) groups excluding carboxylic acids is 1. The molecule has 1 rings (SSSR count). The Morgan fingerprint density at radius 1 is 1.44 bits per heavy atom. The molecule has 3 nitrogen and oxygen atoms in total. The minimum absolute atomic E-state index is 0.0895. The molecule has 0 aliphatic heterocycles. The van der Waals surface area contributed by atoms with Crippen LogP contribution in [0, 0.1) is 11.7 Å². The highest BCUT2D eigenvalue weighted by molar-refractivity contribution is 8.00. The van der Waals surface area contributed by atoms with E-state index in [-0.39, 0.29) is 36.0 Å². The quantitative estimate of drug-likeness (QED) is 0.779. The Labute approximate surface area is 111 Å². The Hall–Kier alpha value is -1.07. The van der Waals surface area contributed by atoms with Crippen LogP contribution in [0.5, 0.6) is 0 Å². The molecular formula is C13H18FNO2S. The number of aliphatic hydroxyl groups is 1. The summed E-state index contributed by atoms with van der Waals surface area (Å²) in [5, 5.41) is 11.8. The molecule has 1 aromatic carbocycles. The van der Waals surface area contributed by atoms with Gasteiger partial charge in [-0.1, -0.05) is 26.0 Å². The summed E-state index contributed by atoms with van der Waals surface area (Å²) in [7, 11) is 0. The van der Waals surface area contributed by atoms with Crippen molar-refractivity contribution in [3.63, 3.8) is 0 Å². The molecule has 0 saturated heterocycles. The number of thioether (sulfide) groups is 1. The Morgan fingerprint density at radius 2 is 2.11 bits per heavy atom. The number of hydrogen-bond donors (Lipinski definition) is 2. The van der Waals surface area contributed by atoms with E-state index in [1.54, 1.807) is 18.2 Å². The molecule has 18 heavy (non-hydrogen) atoms. The lowest BCUT2D eigenvalue weighted by Gasteiger charge is -2.19. The lowest BCUT2D eigenvalue weighted by atomic mass is 10.1. The van der Waals surface area contributed by atoms with Gasteiger partial charge in [0.15, 0.2) is 0 Å². The molecule has 0 heterocycles. The molecule has 0 aliphatic rings. The highest BCUT2D eigenvalue weighted by Gasteiger charge is 2.15. The van der Waals surface area contributed by atoms with Crippen molar-refractivity contribution < 1.29 is 14.3 Å². The second-order valence-electron chi connectivity index (χ2n) is 4.32. The number of nitrogens with one attached hydrogen (secondary N) is 1. The average Bonchev–Trinajstić information content (AvgIpc) is 2.34. The summed E-state index contributed by atoms with van der Waals surface area (Å²) >= 11 is 1.15. The molecule has 1 amide bonds. The third-order valence-electron chi connectivity index (χ3n) is 2.54. The third-order valence-corrected chi connectivity index (χ3v) is 3.59. The van der Waals surface area contributed by atoms with Crippen LogP contribution < -0.4 is 5.32 Å². The van der Waals surface area contributed by atoms with Crippen molar-refractivity contribution in [2.75, 3.05) is 12.4 Å². The van der Waals surface area contributed by atoms with Gasteiger partial charge in [-0.2, -0.15) is 0 Å². The van der Waals surface area contributed by atoms with Gasteiger partial charge in [0.1, 0.15) is 5.82 Å². The molecule has 0 radical (unpaired) electrons. The van der Waals surface area contributed by atoms with Crippen molar-refractivity contribution in [3.05, 3.63) is 30.1 Å². The predicted molar refractivity (Wildman–Crippen MR) is 71.0 cm³/mol. The number of carbonyl (C=O) groups is 1. The van der Waals surface area contributed by atoms with Gasteiger partial charge in [0.2, 0.25) is 5.91 Å². The van der Waals surface area contributed by atoms with Gasteiger partial charge in [0.25, 0.3) is 0 Å². The van der Waals surface area contributed by atoms with E-state index < -0.39 is 0 Å². The predicted octanol–water partition coefficient (Wildman–Crippen LogP) is 2.05. The van der Waals surface area contributed by atoms with E-state index in [0.29, 0.717) is 4.90 Å². The zero-order valence-corrected chi connectivity index (χ0v) is 11.3. The van der Waals surface area contributed by atoms with Crippen LogP contribution in [0.25, 0.3) is 0 Å². The summed E-state index contributed by atoms with van der Waals surface area (Å²) in [6, 6.07) is 6.09. The molecular weight excluding hydrogens is 253 g/mol. The van der Waals surface area contributed by atoms with Gasteiger partial charge in [-0.05, 0) is 18.1 Å². The molecule has 100 valence electrons. The average molecular weight is 271 g/mol. The normalized spacial score (nSPS) is 12.5. The van der Waals surface area contributed by atoms with Crippen molar-refractivity contribution in [3.8, 4) is 0 Å². The first kappa shape index (κ1) is 15.0. The fourth-order valence-electron chi connectivity index (χ4n) is 1.38. The maximum Gasteiger partial charge on any atom is 0.230 e. The molecule has 0 aliphatic carbocycles. The SMILES string of the molecule is CC(C)[C@@H](CO)NC(=O)CSc1ccccc1F.